The molecule has 0 aromatic heterocycles. The summed E-state index contributed by atoms with van der Waals surface area (Å²) < 4.78 is 0. The molecule has 31 heavy (non-hydrogen) atoms. The van der Waals surface area contributed by atoms with Gasteiger partial charge in [-0.15, -0.1) is 0 Å². The van der Waals surface area contributed by atoms with E-state index in [0.29, 0.717) is 27.7 Å². The zero-order chi connectivity index (χ0) is 22.0. The predicted molar refractivity (Wildman–Crippen MR) is 124 cm³/mol. The predicted octanol–water partition coefficient (Wildman–Crippen LogP) is 4.69. The van der Waals surface area contributed by atoms with Crippen molar-refractivity contribution in [2.24, 2.45) is 0 Å². The van der Waals surface area contributed by atoms with E-state index in [-0.39, 0.29) is 24.4 Å². The van der Waals surface area contributed by atoms with Gasteiger partial charge in [-0.2, -0.15) is 0 Å². The number of nitrogens with one attached hydrogen (secondary N) is 2. The second-order valence-corrected chi connectivity index (χ2v) is 9.48. The van der Waals surface area contributed by atoms with Crippen LogP contribution in [0, 0.1) is 0 Å². The van der Waals surface area contributed by atoms with Gasteiger partial charge >= 0.3 is 0 Å². The lowest BCUT2D eigenvalue weighted by molar-refractivity contribution is -0.121. The van der Waals surface area contributed by atoms with E-state index in [9.17, 15) is 9.59 Å². The van der Waals surface area contributed by atoms with Crippen LogP contribution in [0.5, 0.6) is 0 Å². The number of fused-ring (bicyclic) bond motifs is 2. The van der Waals surface area contributed by atoms with E-state index in [4.69, 9.17) is 34.8 Å². The summed E-state index contributed by atoms with van der Waals surface area (Å²) in [6.45, 7) is 0.840. The Morgan fingerprint density at radius 1 is 0.935 bits per heavy atom. The smallest absolute Gasteiger partial charge is 0.251 e. The molecule has 2 aliphatic rings. The molecule has 4 rings (SSSR count). The molecule has 2 aromatic carbocycles. The number of nitrogens with zero attached hydrogens (tertiary/aromatic N) is 1. The largest absolute Gasteiger partial charge is 0.352 e. The molecule has 2 fully saturated rings. The van der Waals surface area contributed by atoms with Crippen LogP contribution in [0.2, 0.25) is 15.1 Å². The van der Waals surface area contributed by atoms with Crippen LogP contribution in [0.3, 0.4) is 0 Å². The van der Waals surface area contributed by atoms with Crippen molar-refractivity contribution in [2.45, 2.75) is 50.4 Å². The Balaban J connectivity index is 1.26. The second-order valence-electron chi connectivity index (χ2n) is 8.23. The third-order valence-corrected chi connectivity index (χ3v) is 7.11. The van der Waals surface area contributed by atoms with E-state index in [1.807, 2.05) is 12.1 Å². The number of carbonyl (C=O) groups is 2. The summed E-state index contributed by atoms with van der Waals surface area (Å²) in [7, 11) is 0. The van der Waals surface area contributed by atoms with Crippen LogP contribution in [0.15, 0.2) is 42.5 Å². The number of amides is 2. The normalized spacial score (nSPS) is 22.9. The maximum atomic E-state index is 12.4. The fourth-order valence-corrected chi connectivity index (χ4v) is 5.05. The van der Waals surface area contributed by atoms with E-state index in [1.165, 1.54) is 11.6 Å². The number of rotatable bonds is 6. The topological polar surface area (TPSA) is 61.4 Å². The quantitative estimate of drug-likeness (QED) is 0.631. The summed E-state index contributed by atoms with van der Waals surface area (Å²) in [5.41, 5.74) is 1.63. The first-order valence-electron chi connectivity index (χ1n) is 10.4. The summed E-state index contributed by atoms with van der Waals surface area (Å²) in [4.78, 5) is 27.2. The third-order valence-electron chi connectivity index (χ3n) is 6.12. The third kappa shape index (κ3) is 5.53. The average Bonchev–Trinajstić information content (AvgIpc) is 2.97. The first kappa shape index (κ1) is 22.4. The maximum Gasteiger partial charge on any atom is 0.251 e. The molecule has 0 unspecified atom stereocenters. The van der Waals surface area contributed by atoms with Crippen molar-refractivity contribution in [3.05, 3.63) is 68.7 Å². The molecule has 0 radical (unpaired) electrons. The van der Waals surface area contributed by atoms with Crippen LogP contribution in [0.25, 0.3) is 0 Å². The fourth-order valence-electron chi connectivity index (χ4n) is 4.63. The zero-order valence-corrected chi connectivity index (χ0v) is 19.2. The van der Waals surface area contributed by atoms with Crippen molar-refractivity contribution in [3.63, 3.8) is 0 Å². The Morgan fingerprint density at radius 3 is 2.26 bits per heavy atom. The van der Waals surface area contributed by atoms with Crippen molar-refractivity contribution in [3.8, 4) is 0 Å². The van der Waals surface area contributed by atoms with Gasteiger partial charge in [-0.3, -0.25) is 14.5 Å². The minimum absolute atomic E-state index is 0.0700. The summed E-state index contributed by atoms with van der Waals surface area (Å²) in [5.74, 6) is -0.532. The van der Waals surface area contributed by atoms with Crippen molar-refractivity contribution in [1.82, 2.24) is 15.5 Å². The highest BCUT2D eigenvalue weighted by Gasteiger charge is 2.40. The average molecular weight is 481 g/mol. The Kier molecular flexibility index (Phi) is 7.07. The van der Waals surface area contributed by atoms with Crippen molar-refractivity contribution in [2.75, 3.05) is 6.54 Å². The van der Waals surface area contributed by atoms with Gasteiger partial charge in [0.2, 0.25) is 5.91 Å². The Bertz CT molecular complexity index is 953. The van der Waals surface area contributed by atoms with E-state index in [0.717, 1.165) is 37.3 Å². The monoisotopic (exact) mass is 479 g/mol. The standard InChI is InChI=1S/C23H24Cl3N3O2/c24-16-4-1-14(2-5-16)13-29-18-6-7-19(29)11-17(10-18)28-22(30)12-27-23(31)15-3-8-20(25)21(26)9-15/h1-5,8-9,17-19H,6-7,10-13H2,(H,27,31)(H,28,30)/t18-,19-/m1/s1. The molecule has 2 N–H and O–H groups in total. The first-order valence-corrected chi connectivity index (χ1v) is 11.5. The van der Waals surface area contributed by atoms with Gasteiger partial charge in [-0.25, -0.2) is 0 Å². The highest BCUT2D eigenvalue weighted by molar-refractivity contribution is 6.42. The molecule has 0 saturated carbocycles. The minimum Gasteiger partial charge on any atom is -0.352 e. The number of halogens is 3. The molecule has 164 valence electrons. The van der Waals surface area contributed by atoms with E-state index < -0.39 is 0 Å². The molecule has 2 saturated heterocycles. The molecule has 5 nitrogen and oxygen atoms in total. The summed E-state index contributed by atoms with van der Waals surface area (Å²) in [6.07, 6.45) is 4.16. The lowest BCUT2D eigenvalue weighted by atomic mass is 9.96. The van der Waals surface area contributed by atoms with Gasteiger partial charge < -0.3 is 10.6 Å². The summed E-state index contributed by atoms with van der Waals surface area (Å²) in [5, 5.41) is 7.18. The molecule has 0 aliphatic carbocycles. The summed E-state index contributed by atoms with van der Waals surface area (Å²) >= 11 is 17.8. The minimum atomic E-state index is -0.355. The maximum absolute atomic E-state index is 12.4. The number of piperidine rings is 1. The number of hydrogen-bond acceptors (Lipinski definition) is 3. The van der Waals surface area contributed by atoms with Crippen LogP contribution in [0.4, 0.5) is 0 Å². The molecule has 2 amide bonds. The number of benzene rings is 2. The molecule has 2 aromatic rings. The molecule has 2 bridgehead atoms. The van der Waals surface area contributed by atoms with Gasteiger partial charge in [-0.1, -0.05) is 46.9 Å². The fraction of sp³-hybridized carbons (Fsp3) is 0.391. The van der Waals surface area contributed by atoms with Gasteiger partial charge in [0.05, 0.1) is 16.6 Å². The SMILES string of the molecule is O=C(CNC(=O)c1ccc(Cl)c(Cl)c1)NC1C[C@H]2CC[C@H](C1)N2Cc1ccc(Cl)cc1. The number of hydrogen-bond donors (Lipinski definition) is 2. The van der Waals surface area contributed by atoms with Crippen LogP contribution >= 0.6 is 34.8 Å². The zero-order valence-electron chi connectivity index (χ0n) is 16.9. The highest BCUT2D eigenvalue weighted by atomic mass is 35.5. The first-order chi connectivity index (χ1) is 14.9. The lowest BCUT2D eigenvalue weighted by Gasteiger charge is -2.39. The lowest BCUT2D eigenvalue weighted by Crippen LogP contribution is -2.51. The molecule has 2 atom stereocenters. The van der Waals surface area contributed by atoms with Crippen LogP contribution in [-0.2, 0) is 11.3 Å². The second kappa shape index (κ2) is 9.78. The van der Waals surface area contributed by atoms with E-state index in [2.05, 4.69) is 27.7 Å². The van der Waals surface area contributed by atoms with Crippen LogP contribution in [0.1, 0.15) is 41.6 Å². The molecular weight excluding hydrogens is 457 g/mol. The van der Waals surface area contributed by atoms with E-state index in [1.54, 1.807) is 12.1 Å². The highest BCUT2D eigenvalue weighted by Crippen LogP contribution is 2.37. The van der Waals surface area contributed by atoms with Gasteiger partial charge in [0, 0.05) is 35.3 Å². The van der Waals surface area contributed by atoms with Crippen molar-refractivity contribution >= 4 is 46.6 Å². The van der Waals surface area contributed by atoms with Gasteiger partial charge in [-0.05, 0) is 61.6 Å². The molecule has 2 heterocycles. The van der Waals surface area contributed by atoms with Crippen molar-refractivity contribution < 1.29 is 9.59 Å². The molecule has 2 aliphatic heterocycles. The van der Waals surface area contributed by atoms with E-state index >= 15 is 0 Å². The Morgan fingerprint density at radius 2 is 1.61 bits per heavy atom. The Hall–Kier alpha value is -1.79. The van der Waals surface area contributed by atoms with Gasteiger partial charge in [0.15, 0.2) is 0 Å². The Labute approximate surface area is 197 Å². The molecule has 0 spiro atoms. The van der Waals surface area contributed by atoms with Crippen LogP contribution in [-0.4, -0.2) is 41.4 Å². The van der Waals surface area contributed by atoms with Crippen molar-refractivity contribution in [1.29, 1.82) is 0 Å². The van der Waals surface area contributed by atoms with Gasteiger partial charge in [0.1, 0.15) is 0 Å². The molecule has 8 heteroatoms. The molecular formula is C23H24Cl3N3O2. The number of carbonyl (C=O) groups excluding carboxylic acids is 2. The summed E-state index contributed by atoms with van der Waals surface area (Å²) in [6, 6.07) is 13.7. The van der Waals surface area contributed by atoms with Crippen LogP contribution < -0.4 is 10.6 Å². The van der Waals surface area contributed by atoms with Gasteiger partial charge in [0.25, 0.3) is 5.91 Å².